The molecule has 0 fully saturated rings. The van der Waals surface area contributed by atoms with Gasteiger partial charge in [-0.1, -0.05) is 0 Å². The van der Waals surface area contributed by atoms with Gasteiger partial charge in [-0.05, 0) is 0 Å². The molecule has 0 unspecified atom stereocenters. The molecule has 0 radical (unpaired) electrons. The maximum Gasteiger partial charge on any atom is 0.376 e. The van der Waals surface area contributed by atoms with Gasteiger partial charge in [-0.15, -0.1) is 0 Å². The van der Waals surface area contributed by atoms with Crippen LogP contribution in [-0.4, -0.2) is 21.0 Å². The van der Waals surface area contributed by atoms with Gasteiger partial charge in [0.25, 0.3) is 0 Å². The van der Waals surface area contributed by atoms with E-state index in [0.29, 0.717) is 0 Å². The Labute approximate surface area is 69.6 Å². The molecule has 9 nitrogen and oxygen atoms in total. The van der Waals surface area contributed by atoms with E-state index in [0.717, 1.165) is 0 Å². The van der Waals surface area contributed by atoms with Crippen LogP contribution in [0.15, 0.2) is 4.42 Å². The van der Waals surface area contributed by atoms with E-state index in [1.807, 2.05) is 0 Å². The minimum absolute atomic E-state index is 0.714. The smallest absolute Gasteiger partial charge is 0.376 e. The van der Waals surface area contributed by atoms with Gasteiger partial charge in [0.1, 0.15) is 0 Å². The summed E-state index contributed by atoms with van der Waals surface area (Å²) in [4.78, 5) is 14.2. The summed E-state index contributed by atoms with van der Waals surface area (Å²) in [5, 5.41) is 32.6. The van der Waals surface area contributed by atoms with E-state index >= 15 is 0 Å². The third-order valence-electron chi connectivity index (χ3n) is 1.11. The molecule has 0 atom stereocenters. The Bertz CT molecular complexity index is 251. The third-order valence-corrected chi connectivity index (χ3v) is 1.11. The molecule has 74 valence electrons. The van der Waals surface area contributed by atoms with Gasteiger partial charge in [0.15, 0.2) is 0 Å². The van der Waals surface area contributed by atoms with E-state index in [9.17, 15) is 0 Å². The maximum atomic E-state index is 8.19. The zero-order chi connectivity index (χ0) is 9.84. The second-order valence-electron chi connectivity index (χ2n) is 1.70. The third kappa shape index (κ3) is 1.43. The molecule has 1 rings (SSSR count). The lowest BCUT2D eigenvalue weighted by atomic mass is 10.5. The monoisotopic (exact) mass is 196 g/mol. The summed E-state index contributed by atoms with van der Waals surface area (Å²) in [7, 11) is 0. The average Bonchev–Trinajstić information content (AvgIpc) is 2.54. The van der Waals surface area contributed by atoms with Crippen LogP contribution in [0.1, 0.15) is 0 Å². The van der Waals surface area contributed by atoms with Gasteiger partial charge in [-0.2, -0.15) is 10.5 Å². The second-order valence-corrected chi connectivity index (χ2v) is 1.70. The van der Waals surface area contributed by atoms with Crippen molar-refractivity contribution in [2.45, 2.75) is 0 Å². The lowest BCUT2D eigenvalue weighted by Gasteiger charge is -1.95. The van der Waals surface area contributed by atoms with E-state index < -0.39 is 23.4 Å². The fraction of sp³-hybridized carbons (Fsp3) is 0. The fourth-order valence-corrected chi connectivity index (χ4v) is 0.640. The lowest BCUT2D eigenvalue weighted by Crippen LogP contribution is -1.91. The van der Waals surface area contributed by atoms with Crippen LogP contribution >= 0.6 is 0 Å². The van der Waals surface area contributed by atoms with Crippen molar-refractivity contribution in [2.24, 2.45) is 0 Å². The van der Waals surface area contributed by atoms with E-state index in [1.54, 1.807) is 0 Å². The zero-order valence-electron chi connectivity index (χ0n) is 5.83. The van der Waals surface area contributed by atoms with Crippen LogP contribution in [0.3, 0.4) is 0 Å². The van der Waals surface area contributed by atoms with E-state index in [2.05, 4.69) is 24.0 Å². The summed E-state index contributed by atoms with van der Waals surface area (Å²) in [5.74, 6) is -2.99. The molecule has 0 aliphatic rings. The molecule has 1 heterocycles. The molecule has 4 N–H and O–H groups in total. The molecule has 0 aliphatic heterocycles. The Morgan fingerprint density at radius 3 is 1.31 bits per heavy atom. The molecule has 0 bridgehead atoms. The summed E-state index contributed by atoms with van der Waals surface area (Å²) in [6.45, 7) is 0. The standard InChI is InChI=1S/C4H4O9/c5-10-1-2(11-6)4(13-8)9-3(1)12-7/h5-8H. The minimum atomic E-state index is -0.782. The Morgan fingerprint density at radius 2 is 1.08 bits per heavy atom. The van der Waals surface area contributed by atoms with E-state index in [1.165, 1.54) is 0 Å². The second kappa shape index (κ2) is 3.82. The van der Waals surface area contributed by atoms with Gasteiger partial charge in [0, 0.05) is 0 Å². The van der Waals surface area contributed by atoms with Crippen LogP contribution < -0.4 is 19.6 Å². The Balaban J connectivity index is 3.17. The van der Waals surface area contributed by atoms with Crippen LogP contribution in [0, 0.1) is 0 Å². The van der Waals surface area contributed by atoms with E-state index in [-0.39, 0.29) is 0 Å². The first-order valence-corrected chi connectivity index (χ1v) is 2.71. The number of hydrogen-bond donors (Lipinski definition) is 4. The molecule has 0 saturated carbocycles. The van der Waals surface area contributed by atoms with Crippen molar-refractivity contribution in [3.05, 3.63) is 0 Å². The molecule has 0 amide bonds. The highest BCUT2D eigenvalue weighted by Gasteiger charge is 2.29. The average molecular weight is 196 g/mol. The highest BCUT2D eigenvalue weighted by molar-refractivity contribution is 5.51. The molecule has 1 aromatic rings. The van der Waals surface area contributed by atoms with Crippen LogP contribution in [0.4, 0.5) is 0 Å². The number of rotatable bonds is 4. The maximum absolute atomic E-state index is 8.19. The van der Waals surface area contributed by atoms with Crippen molar-refractivity contribution in [1.29, 1.82) is 0 Å². The fourth-order valence-electron chi connectivity index (χ4n) is 0.640. The van der Waals surface area contributed by atoms with Crippen LogP contribution in [0.25, 0.3) is 0 Å². The molecule has 0 aliphatic carbocycles. The summed E-state index contributed by atoms with van der Waals surface area (Å²) in [5.41, 5.74) is 0. The largest absolute Gasteiger partial charge is 0.382 e. The Hall–Kier alpha value is -1.68. The number of hydrogen-bond acceptors (Lipinski definition) is 9. The van der Waals surface area contributed by atoms with Gasteiger partial charge >= 0.3 is 23.4 Å². The van der Waals surface area contributed by atoms with Crippen molar-refractivity contribution in [2.75, 3.05) is 0 Å². The van der Waals surface area contributed by atoms with Gasteiger partial charge in [-0.25, -0.2) is 10.5 Å². The van der Waals surface area contributed by atoms with Gasteiger partial charge in [-0.3, -0.25) is 9.78 Å². The van der Waals surface area contributed by atoms with Crippen LogP contribution in [0.2, 0.25) is 0 Å². The normalized spacial score (nSPS) is 9.54. The van der Waals surface area contributed by atoms with Crippen molar-refractivity contribution < 1.29 is 45.0 Å². The Morgan fingerprint density at radius 1 is 0.692 bits per heavy atom. The van der Waals surface area contributed by atoms with Crippen molar-refractivity contribution in [1.82, 2.24) is 0 Å². The van der Waals surface area contributed by atoms with Gasteiger partial charge < -0.3 is 14.2 Å². The summed E-state index contributed by atoms with van der Waals surface area (Å²) >= 11 is 0. The van der Waals surface area contributed by atoms with E-state index in [4.69, 9.17) is 21.0 Å². The highest BCUT2D eigenvalue weighted by Crippen LogP contribution is 2.47. The first-order chi connectivity index (χ1) is 6.28. The molecular weight excluding hydrogens is 192 g/mol. The zero-order valence-corrected chi connectivity index (χ0v) is 5.83. The SMILES string of the molecule is OOc1oc(OO)c(OO)c1OO. The topological polar surface area (TPSA) is 131 Å². The molecule has 0 aromatic carbocycles. The molecule has 13 heavy (non-hydrogen) atoms. The molecule has 0 spiro atoms. The predicted octanol–water partition coefficient (Wildman–Crippen LogP) is 0.687. The minimum Gasteiger partial charge on any atom is -0.382 e. The molecular formula is C4H4O9. The summed E-state index contributed by atoms with van der Waals surface area (Å²) < 4.78 is 4.31. The molecule has 9 heteroatoms. The highest BCUT2D eigenvalue weighted by atomic mass is 17.2. The van der Waals surface area contributed by atoms with Crippen molar-refractivity contribution in [3.8, 4) is 23.4 Å². The summed E-state index contributed by atoms with van der Waals surface area (Å²) in [6.07, 6.45) is 0. The van der Waals surface area contributed by atoms with Crippen molar-refractivity contribution >= 4 is 0 Å². The first kappa shape index (κ1) is 9.41. The van der Waals surface area contributed by atoms with Crippen LogP contribution in [0.5, 0.6) is 23.4 Å². The van der Waals surface area contributed by atoms with Crippen LogP contribution in [-0.2, 0) is 0 Å². The van der Waals surface area contributed by atoms with Gasteiger partial charge in [0.2, 0.25) is 0 Å². The van der Waals surface area contributed by atoms with Gasteiger partial charge in [0.05, 0.1) is 0 Å². The summed E-state index contributed by atoms with van der Waals surface area (Å²) in [6, 6.07) is 0. The quantitative estimate of drug-likeness (QED) is 0.405. The van der Waals surface area contributed by atoms with Crippen molar-refractivity contribution in [3.63, 3.8) is 0 Å². The number of furan rings is 1. The lowest BCUT2D eigenvalue weighted by molar-refractivity contribution is -0.184. The Kier molecular flexibility index (Phi) is 2.76. The first-order valence-electron chi connectivity index (χ1n) is 2.71. The molecule has 0 saturated heterocycles. The molecule has 1 aromatic heterocycles. The predicted molar refractivity (Wildman–Crippen MR) is 31.7 cm³/mol.